The van der Waals surface area contributed by atoms with Crippen molar-refractivity contribution in [3.8, 4) is 22.3 Å². The molecule has 4 rings (SSSR count). The molecule has 8 heteroatoms. The van der Waals surface area contributed by atoms with Crippen molar-refractivity contribution in [3.63, 3.8) is 0 Å². The van der Waals surface area contributed by atoms with E-state index in [1.807, 2.05) is 68.8 Å². The van der Waals surface area contributed by atoms with E-state index < -0.39 is 5.97 Å². The summed E-state index contributed by atoms with van der Waals surface area (Å²) in [6, 6.07) is 19.8. The monoisotopic (exact) mass is 484 g/mol. The first-order valence-corrected chi connectivity index (χ1v) is 10.5. The van der Waals surface area contributed by atoms with Gasteiger partial charge in [-0.25, -0.2) is 9.59 Å². The van der Waals surface area contributed by atoms with Crippen molar-refractivity contribution >= 4 is 11.9 Å². The molecule has 0 radical (unpaired) electrons. The molecule has 0 atom stereocenters. The van der Waals surface area contributed by atoms with Gasteiger partial charge in [0.1, 0.15) is 11.4 Å². The van der Waals surface area contributed by atoms with Crippen LogP contribution in [0.2, 0.25) is 0 Å². The predicted octanol–water partition coefficient (Wildman–Crippen LogP) is 2.31. The van der Waals surface area contributed by atoms with E-state index in [1.165, 1.54) is 18.2 Å². The van der Waals surface area contributed by atoms with E-state index in [9.17, 15) is 9.59 Å². The molecule has 0 unspecified atom stereocenters. The topological polar surface area (TPSA) is 103 Å². The quantitative estimate of drug-likeness (QED) is 0.354. The molecule has 0 saturated heterocycles. The van der Waals surface area contributed by atoms with Crippen LogP contribution < -0.4 is 29.6 Å². The molecule has 2 N–H and O–H groups in total. The first kappa shape index (κ1) is 29.9. The van der Waals surface area contributed by atoms with Crippen LogP contribution in [0, 0.1) is 13.8 Å². The fourth-order valence-electron chi connectivity index (χ4n) is 3.46. The number of benzene rings is 2. The minimum Gasteiger partial charge on any atom is -0.870 e. The molecule has 0 spiro atoms. The SMILES string of the molecule is COC(=O)c1cc(-c2ccc(C)cc2)cn1C.Cc1ccc(-c2cc(C(=O)O)n(C)c2)cc1.[Na+].[OH-]. The van der Waals surface area contributed by atoms with Crippen molar-refractivity contribution in [2.24, 2.45) is 14.1 Å². The number of rotatable bonds is 4. The molecule has 4 aromatic rings. The van der Waals surface area contributed by atoms with Crippen LogP contribution in [0.3, 0.4) is 0 Å². The smallest absolute Gasteiger partial charge is 0.870 e. The van der Waals surface area contributed by atoms with Crippen molar-refractivity contribution in [2.75, 3.05) is 7.11 Å². The second kappa shape index (κ2) is 13.1. The summed E-state index contributed by atoms with van der Waals surface area (Å²) in [7, 11) is 4.96. The molecule has 0 amide bonds. The number of ether oxygens (including phenoxy) is 1. The van der Waals surface area contributed by atoms with Crippen LogP contribution in [0.15, 0.2) is 73.1 Å². The molecule has 2 aromatic heterocycles. The van der Waals surface area contributed by atoms with Crippen molar-refractivity contribution in [3.05, 3.63) is 95.6 Å². The molecule has 178 valence electrons. The third-order valence-electron chi connectivity index (χ3n) is 5.39. The normalized spacial score (nSPS) is 9.74. The maximum absolute atomic E-state index is 11.5. The van der Waals surface area contributed by atoms with Crippen molar-refractivity contribution in [2.45, 2.75) is 13.8 Å². The standard InChI is InChI=1S/C14H15NO2.C13H13NO2.Na.H2O/c1-10-4-6-11(7-5-10)12-8-13(14(16)17-3)15(2)9-12;1-9-3-5-10(6-4-9)11-7-12(13(15)16)14(2)8-11;;/h4-9H,1-3H3;3-8H,1-2H3,(H,15,16);;1H2/q;;+1;/p-1. The zero-order valence-electron chi connectivity index (χ0n) is 20.9. The van der Waals surface area contributed by atoms with Gasteiger partial charge in [-0.2, -0.15) is 0 Å². The number of carboxylic acid groups (broad SMARTS) is 1. The van der Waals surface area contributed by atoms with Crippen LogP contribution in [0.1, 0.15) is 32.1 Å². The predicted molar refractivity (Wildman–Crippen MR) is 131 cm³/mol. The van der Waals surface area contributed by atoms with E-state index >= 15 is 0 Å². The number of hydrogen-bond donors (Lipinski definition) is 1. The summed E-state index contributed by atoms with van der Waals surface area (Å²) in [5.74, 6) is -1.22. The van der Waals surface area contributed by atoms with Gasteiger partial charge < -0.3 is 24.5 Å². The molecule has 35 heavy (non-hydrogen) atoms. The van der Waals surface area contributed by atoms with Crippen LogP contribution in [0.4, 0.5) is 0 Å². The largest absolute Gasteiger partial charge is 1.00 e. The Morgan fingerprint density at radius 2 is 1.09 bits per heavy atom. The Morgan fingerprint density at radius 3 is 1.43 bits per heavy atom. The summed E-state index contributed by atoms with van der Waals surface area (Å²) in [6.45, 7) is 4.08. The summed E-state index contributed by atoms with van der Waals surface area (Å²) in [4.78, 5) is 22.4. The third kappa shape index (κ3) is 7.44. The molecular formula is C27H29N2NaO5. The Morgan fingerprint density at radius 1 is 0.714 bits per heavy atom. The van der Waals surface area contributed by atoms with E-state index in [-0.39, 0.29) is 41.0 Å². The van der Waals surface area contributed by atoms with Gasteiger partial charge in [0.2, 0.25) is 0 Å². The molecule has 0 aliphatic rings. The molecule has 7 nitrogen and oxygen atoms in total. The van der Waals surface area contributed by atoms with Gasteiger partial charge in [-0.15, -0.1) is 0 Å². The third-order valence-corrected chi connectivity index (χ3v) is 5.39. The fraction of sp³-hybridized carbons (Fsp3) is 0.185. The number of carbonyl (C=O) groups excluding carboxylic acids is 1. The van der Waals surface area contributed by atoms with Crippen LogP contribution >= 0.6 is 0 Å². The maximum atomic E-state index is 11.5. The van der Waals surface area contributed by atoms with Crippen LogP contribution in [0.5, 0.6) is 0 Å². The summed E-state index contributed by atoms with van der Waals surface area (Å²) in [5.41, 5.74) is 7.36. The van der Waals surface area contributed by atoms with Gasteiger partial charge in [0, 0.05) is 37.6 Å². The molecule has 0 fully saturated rings. The number of carbonyl (C=O) groups is 2. The molecule has 0 aliphatic carbocycles. The molecule has 2 aromatic carbocycles. The summed E-state index contributed by atoms with van der Waals surface area (Å²) < 4.78 is 8.13. The number of hydrogen-bond acceptors (Lipinski definition) is 4. The number of methoxy groups -OCH3 is 1. The van der Waals surface area contributed by atoms with Gasteiger partial charge in [0.15, 0.2) is 0 Å². The van der Waals surface area contributed by atoms with Crippen LogP contribution in [-0.4, -0.2) is 38.8 Å². The Balaban J connectivity index is 0.000000332. The van der Waals surface area contributed by atoms with Gasteiger partial charge in [0.05, 0.1) is 7.11 Å². The van der Waals surface area contributed by atoms with Crippen molar-refractivity contribution in [1.82, 2.24) is 9.13 Å². The number of aryl methyl sites for hydroxylation is 4. The zero-order valence-corrected chi connectivity index (χ0v) is 22.9. The van der Waals surface area contributed by atoms with Gasteiger partial charge in [0.25, 0.3) is 0 Å². The molecule has 2 heterocycles. The summed E-state index contributed by atoms with van der Waals surface area (Å²) in [5, 5.41) is 8.95. The van der Waals surface area contributed by atoms with Gasteiger partial charge in [-0.05, 0) is 37.1 Å². The van der Waals surface area contributed by atoms with Crippen molar-refractivity contribution < 1.29 is 54.5 Å². The van der Waals surface area contributed by atoms with E-state index in [1.54, 1.807) is 22.2 Å². The average molecular weight is 485 g/mol. The van der Waals surface area contributed by atoms with Crippen LogP contribution in [0.25, 0.3) is 22.3 Å². The van der Waals surface area contributed by atoms with E-state index in [0.717, 1.165) is 22.3 Å². The second-order valence-electron chi connectivity index (χ2n) is 7.98. The van der Waals surface area contributed by atoms with Gasteiger partial charge in [-0.1, -0.05) is 59.7 Å². The summed E-state index contributed by atoms with van der Waals surface area (Å²) in [6.07, 6.45) is 3.76. The van der Waals surface area contributed by atoms with Crippen molar-refractivity contribution in [1.29, 1.82) is 0 Å². The van der Waals surface area contributed by atoms with E-state index in [0.29, 0.717) is 11.4 Å². The van der Waals surface area contributed by atoms with Gasteiger partial charge >= 0.3 is 41.5 Å². The number of esters is 1. The first-order chi connectivity index (χ1) is 15.7. The van der Waals surface area contributed by atoms with E-state index in [4.69, 9.17) is 9.84 Å². The Labute approximate surface area is 227 Å². The second-order valence-corrected chi connectivity index (χ2v) is 7.98. The van der Waals surface area contributed by atoms with E-state index in [2.05, 4.69) is 19.1 Å². The molecule has 0 bridgehead atoms. The number of carboxylic acids is 1. The Bertz CT molecular complexity index is 1270. The van der Waals surface area contributed by atoms with Crippen LogP contribution in [-0.2, 0) is 18.8 Å². The molecule has 0 aliphatic heterocycles. The summed E-state index contributed by atoms with van der Waals surface area (Å²) >= 11 is 0. The zero-order chi connectivity index (χ0) is 24.1. The average Bonchev–Trinajstić information content (AvgIpc) is 3.37. The minimum atomic E-state index is -0.902. The van der Waals surface area contributed by atoms with Gasteiger partial charge in [-0.3, -0.25) is 0 Å². The number of aromatic nitrogens is 2. The Hall–Kier alpha value is -3.10. The number of aromatic carboxylic acids is 1. The first-order valence-electron chi connectivity index (χ1n) is 10.5. The molecular weight excluding hydrogens is 455 g/mol. The minimum absolute atomic E-state index is 0. The molecule has 0 saturated carbocycles. The maximum Gasteiger partial charge on any atom is 1.00 e. The fourth-order valence-corrected chi connectivity index (χ4v) is 3.46. The number of nitrogens with zero attached hydrogens (tertiary/aromatic N) is 2. The Kier molecular flexibility index (Phi) is 11.2.